The van der Waals surface area contributed by atoms with Crippen LogP contribution in [0, 0.1) is 0 Å². The highest BCUT2D eigenvalue weighted by atomic mass is 32.1. The Morgan fingerprint density at radius 2 is 1.19 bits per heavy atom. The summed E-state index contributed by atoms with van der Waals surface area (Å²) in [4.78, 5) is 2.33. The number of para-hydroxylation sites is 2. The number of nitrogens with zero attached hydrogens (tertiary/aromatic N) is 1. The molecule has 9 aromatic rings. The summed E-state index contributed by atoms with van der Waals surface area (Å²) in [5.74, 6) is 0. The van der Waals surface area contributed by atoms with Crippen LogP contribution in [0.4, 0.5) is 17.1 Å². The molecule has 0 saturated heterocycles. The normalized spacial score (nSPS) is 11.7. The quantitative estimate of drug-likeness (QED) is 0.210. The number of hydrogen-bond donors (Lipinski definition) is 0. The zero-order valence-corrected chi connectivity index (χ0v) is 24.0. The minimum atomic E-state index is 0.922. The molecule has 0 spiro atoms. The molecule has 0 saturated carbocycles. The molecule has 0 fully saturated rings. The van der Waals surface area contributed by atoms with Crippen LogP contribution in [0.3, 0.4) is 0 Å². The lowest BCUT2D eigenvalue weighted by molar-refractivity contribution is 0.669. The lowest BCUT2D eigenvalue weighted by Gasteiger charge is -2.26. The molecule has 202 valence electrons. The van der Waals surface area contributed by atoms with Gasteiger partial charge in [0.2, 0.25) is 0 Å². The van der Waals surface area contributed by atoms with Crippen molar-refractivity contribution in [3.8, 4) is 11.1 Å². The number of furan rings is 1. The SMILES string of the molecule is c1ccc(N(c2ccc(-c3cccc4c3sc3ccccc34)cc2)c2ccc3c(ccc4oc5ccccc5c43)c2)cc1. The molecule has 9 rings (SSSR count). The van der Waals surface area contributed by atoms with E-state index in [0.717, 1.165) is 33.6 Å². The van der Waals surface area contributed by atoms with Gasteiger partial charge in [-0.3, -0.25) is 0 Å². The van der Waals surface area contributed by atoms with Crippen LogP contribution in [0.1, 0.15) is 0 Å². The summed E-state index contributed by atoms with van der Waals surface area (Å²) in [7, 11) is 0. The van der Waals surface area contributed by atoms with Gasteiger partial charge in [0.25, 0.3) is 0 Å². The summed E-state index contributed by atoms with van der Waals surface area (Å²) >= 11 is 1.87. The lowest BCUT2D eigenvalue weighted by atomic mass is 10.0. The van der Waals surface area contributed by atoms with Crippen molar-refractivity contribution in [1.82, 2.24) is 0 Å². The van der Waals surface area contributed by atoms with Crippen molar-refractivity contribution >= 4 is 81.3 Å². The predicted molar refractivity (Wildman–Crippen MR) is 184 cm³/mol. The van der Waals surface area contributed by atoms with Gasteiger partial charge in [-0.05, 0) is 76.5 Å². The van der Waals surface area contributed by atoms with E-state index in [2.05, 4.69) is 144 Å². The Hall–Kier alpha value is -5.38. The zero-order valence-electron chi connectivity index (χ0n) is 23.2. The van der Waals surface area contributed by atoms with Crippen molar-refractivity contribution < 1.29 is 4.42 Å². The number of thiophene rings is 1. The second-order valence-corrected chi connectivity index (χ2v) is 12.0. The molecular weight excluding hydrogens is 543 g/mol. The monoisotopic (exact) mass is 567 g/mol. The van der Waals surface area contributed by atoms with Crippen LogP contribution in [0.2, 0.25) is 0 Å². The largest absolute Gasteiger partial charge is 0.456 e. The molecule has 2 nitrogen and oxygen atoms in total. The molecule has 0 unspecified atom stereocenters. The van der Waals surface area contributed by atoms with Gasteiger partial charge in [-0.25, -0.2) is 0 Å². The van der Waals surface area contributed by atoms with Crippen molar-refractivity contribution in [2.45, 2.75) is 0 Å². The van der Waals surface area contributed by atoms with E-state index >= 15 is 0 Å². The molecule has 0 radical (unpaired) electrons. The van der Waals surface area contributed by atoms with Crippen molar-refractivity contribution in [3.05, 3.63) is 152 Å². The lowest BCUT2D eigenvalue weighted by Crippen LogP contribution is -2.09. The average Bonchev–Trinajstić information content (AvgIpc) is 3.64. The first kappa shape index (κ1) is 24.2. The molecule has 2 aromatic heterocycles. The Labute approximate surface area is 252 Å². The maximum absolute atomic E-state index is 6.16. The highest BCUT2D eigenvalue weighted by Gasteiger charge is 2.16. The molecule has 0 amide bonds. The minimum Gasteiger partial charge on any atom is -0.456 e. The Morgan fingerprint density at radius 3 is 2.07 bits per heavy atom. The van der Waals surface area contributed by atoms with Crippen LogP contribution in [0.25, 0.3) is 64.0 Å². The van der Waals surface area contributed by atoms with E-state index in [9.17, 15) is 0 Å². The van der Waals surface area contributed by atoms with Gasteiger partial charge < -0.3 is 9.32 Å². The zero-order chi connectivity index (χ0) is 28.3. The fraction of sp³-hybridized carbons (Fsp3) is 0. The average molecular weight is 568 g/mol. The van der Waals surface area contributed by atoms with Gasteiger partial charge in [0.05, 0.1) is 0 Å². The number of benzene rings is 7. The Kier molecular flexibility index (Phi) is 5.40. The van der Waals surface area contributed by atoms with Gasteiger partial charge in [0.1, 0.15) is 11.2 Å². The van der Waals surface area contributed by atoms with Crippen molar-refractivity contribution in [2.75, 3.05) is 4.90 Å². The summed E-state index contributed by atoms with van der Waals surface area (Å²) in [6.07, 6.45) is 0. The Bertz CT molecular complexity index is 2450. The van der Waals surface area contributed by atoms with Crippen LogP contribution in [-0.4, -0.2) is 0 Å². The summed E-state index contributed by atoms with van der Waals surface area (Å²) in [5, 5.41) is 7.36. The predicted octanol–water partition coefficient (Wildman–Crippen LogP) is 12.2. The number of fused-ring (bicyclic) bond motifs is 8. The first-order valence-electron chi connectivity index (χ1n) is 14.5. The van der Waals surface area contributed by atoms with Gasteiger partial charge in [-0.1, -0.05) is 97.1 Å². The summed E-state index contributed by atoms with van der Waals surface area (Å²) in [6, 6.07) is 54.2. The number of anilines is 3. The highest BCUT2D eigenvalue weighted by molar-refractivity contribution is 7.26. The molecule has 7 aromatic carbocycles. The molecule has 43 heavy (non-hydrogen) atoms. The fourth-order valence-electron chi connectivity index (χ4n) is 6.47. The maximum Gasteiger partial charge on any atom is 0.136 e. The smallest absolute Gasteiger partial charge is 0.136 e. The summed E-state index contributed by atoms with van der Waals surface area (Å²) in [6.45, 7) is 0. The van der Waals surface area contributed by atoms with Gasteiger partial charge in [0.15, 0.2) is 0 Å². The topological polar surface area (TPSA) is 16.4 Å². The highest BCUT2D eigenvalue weighted by Crippen LogP contribution is 2.42. The van der Waals surface area contributed by atoms with E-state index in [1.54, 1.807) is 0 Å². The van der Waals surface area contributed by atoms with Gasteiger partial charge in [0, 0.05) is 48.0 Å². The van der Waals surface area contributed by atoms with E-state index in [1.807, 2.05) is 23.5 Å². The van der Waals surface area contributed by atoms with Crippen LogP contribution >= 0.6 is 11.3 Å². The Morgan fingerprint density at radius 1 is 0.465 bits per heavy atom. The van der Waals surface area contributed by atoms with Crippen molar-refractivity contribution in [1.29, 1.82) is 0 Å². The van der Waals surface area contributed by atoms with Crippen molar-refractivity contribution in [3.63, 3.8) is 0 Å². The van der Waals surface area contributed by atoms with Gasteiger partial charge in [-0.2, -0.15) is 0 Å². The van der Waals surface area contributed by atoms with Crippen LogP contribution in [-0.2, 0) is 0 Å². The van der Waals surface area contributed by atoms with E-state index in [1.165, 1.54) is 47.5 Å². The van der Waals surface area contributed by atoms with Crippen LogP contribution in [0.15, 0.2) is 156 Å². The van der Waals surface area contributed by atoms with E-state index < -0.39 is 0 Å². The molecule has 3 heteroatoms. The van der Waals surface area contributed by atoms with E-state index in [-0.39, 0.29) is 0 Å². The molecule has 0 aliphatic rings. The number of rotatable bonds is 4. The third-order valence-corrected chi connectivity index (χ3v) is 9.67. The summed E-state index contributed by atoms with van der Waals surface area (Å²) in [5.41, 5.74) is 7.70. The van der Waals surface area contributed by atoms with Gasteiger partial charge in [-0.15, -0.1) is 11.3 Å². The number of hydrogen-bond acceptors (Lipinski definition) is 3. The minimum absolute atomic E-state index is 0.922. The molecular formula is C40H25NOS. The molecule has 0 aliphatic carbocycles. The molecule has 2 heterocycles. The van der Waals surface area contributed by atoms with Crippen LogP contribution in [0.5, 0.6) is 0 Å². The van der Waals surface area contributed by atoms with Crippen molar-refractivity contribution in [2.24, 2.45) is 0 Å². The van der Waals surface area contributed by atoms with Crippen LogP contribution < -0.4 is 4.90 Å². The third-order valence-electron chi connectivity index (χ3n) is 8.45. The van der Waals surface area contributed by atoms with Gasteiger partial charge >= 0.3 is 0 Å². The molecule has 0 N–H and O–H groups in total. The fourth-order valence-corrected chi connectivity index (χ4v) is 7.71. The molecule has 0 aliphatic heterocycles. The standard InChI is InChI=1S/C40H25NOS/c1-2-9-28(10-3-1)41(30-22-23-31-27(25-30)19-24-37-39(31)35-12-4-6-15-36(35)42-37)29-20-17-26(18-21-29)32-13-8-14-34-33-11-5-7-16-38(33)43-40(32)34/h1-25H. The molecule has 0 bridgehead atoms. The first-order chi connectivity index (χ1) is 21.3. The maximum atomic E-state index is 6.16. The van der Waals surface area contributed by atoms with E-state index in [4.69, 9.17) is 4.42 Å². The summed E-state index contributed by atoms with van der Waals surface area (Å²) < 4.78 is 8.82. The molecule has 0 atom stereocenters. The third kappa shape index (κ3) is 3.86. The second kappa shape index (κ2) is 9.59. The van der Waals surface area contributed by atoms with E-state index in [0.29, 0.717) is 0 Å². The Balaban J connectivity index is 1.17. The second-order valence-electron chi connectivity index (χ2n) is 10.9. The first-order valence-corrected chi connectivity index (χ1v) is 15.3.